The van der Waals surface area contributed by atoms with Crippen LogP contribution in [0.4, 0.5) is 5.82 Å². The van der Waals surface area contributed by atoms with E-state index in [1.54, 1.807) is 6.07 Å². The van der Waals surface area contributed by atoms with Crippen molar-refractivity contribution < 1.29 is 13.2 Å². The van der Waals surface area contributed by atoms with Crippen LogP contribution in [0.15, 0.2) is 16.7 Å². The largest absolute Gasteiger partial charge is 0.488 e. The minimum absolute atomic E-state index is 0.275. The minimum Gasteiger partial charge on any atom is -0.488 e. The summed E-state index contributed by atoms with van der Waals surface area (Å²) in [6.07, 6.45) is 5.00. The van der Waals surface area contributed by atoms with Gasteiger partial charge in [0.15, 0.2) is 5.75 Å². The Morgan fingerprint density at radius 3 is 2.75 bits per heavy atom. The van der Waals surface area contributed by atoms with Crippen LogP contribution in [-0.4, -0.2) is 25.8 Å². The highest BCUT2D eigenvalue weighted by molar-refractivity contribution is 9.10. The predicted molar refractivity (Wildman–Crippen MR) is 64.1 cm³/mol. The van der Waals surface area contributed by atoms with Gasteiger partial charge in [-0.15, -0.1) is 0 Å². The van der Waals surface area contributed by atoms with Gasteiger partial charge in [-0.1, -0.05) is 0 Å². The predicted octanol–water partition coefficient (Wildman–Crippen LogP) is 1.76. The van der Waals surface area contributed by atoms with Crippen molar-refractivity contribution in [2.24, 2.45) is 0 Å². The normalized spacial score (nSPS) is 15.9. The van der Waals surface area contributed by atoms with Crippen LogP contribution in [-0.2, 0) is 10.0 Å². The second kappa shape index (κ2) is 4.21. The number of nitrogens with zero attached hydrogens (tertiary/aromatic N) is 1. The van der Waals surface area contributed by atoms with Crippen LogP contribution in [0.2, 0.25) is 0 Å². The van der Waals surface area contributed by atoms with Gasteiger partial charge >= 0.3 is 0 Å². The summed E-state index contributed by atoms with van der Waals surface area (Å²) in [7, 11) is -3.29. The molecule has 1 aliphatic carbocycles. The molecule has 1 heterocycles. The molecule has 1 aliphatic rings. The number of pyridine rings is 1. The molecule has 1 N–H and O–H groups in total. The summed E-state index contributed by atoms with van der Waals surface area (Å²) in [4.78, 5) is 3.96. The first-order valence-corrected chi connectivity index (χ1v) is 7.42. The molecular weight excluding hydrogens is 296 g/mol. The molecule has 1 fully saturated rings. The molecular formula is C9H11BrN2O3S. The number of hydrogen-bond acceptors (Lipinski definition) is 4. The molecule has 1 saturated carbocycles. The zero-order valence-electron chi connectivity index (χ0n) is 8.60. The molecule has 1 aromatic heterocycles. The molecule has 0 spiro atoms. The number of ether oxygens (including phenoxy) is 1. The van der Waals surface area contributed by atoms with E-state index in [4.69, 9.17) is 4.74 Å². The SMILES string of the molecule is CS(=O)(=O)Nc1cc(Br)c(OC2CC2)cn1. The second-order valence-electron chi connectivity index (χ2n) is 3.69. The van der Waals surface area contributed by atoms with E-state index in [2.05, 4.69) is 25.6 Å². The quantitative estimate of drug-likeness (QED) is 0.920. The second-order valence-corrected chi connectivity index (χ2v) is 6.29. The Kier molecular flexibility index (Phi) is 3.07. The lowest BCUT2D eigenvalue weighted by atomic mass is 10.4. The van der Waals surface area contributed by atoms with Gasteiger partial charge in [-0.2, -0.15) is 0 Å². The number of aromatic nitrogens is 1. The summed E-state index contributed by atoms with van der Waals surface area (Å²) in [6.45, 7) is 0. The van der Waals surface area contributed by atoms with E-state index < -0.39 is 10.0 Å². The Hall–Kier alpha value is -0.820. The summed E-state index contributed by atoms with van der Waals surface area (Å²) in [5, 5.41) is 0. The summed E-state index contributed by atoms with van der Waals surface area (Å²) in [6, 6.07) is 1.58. The Bertz CT molecular complexity index is 499. The van der Waals surface area contributed by atoms with Gasteiger partial charge in [-0.25, -0.2) is 13.4 Å². The summed E-state index contributed by atoms with van der Waals surface area (Å²) in [5.41, 5.74) is 0. The summed E-state index contributed by atoms with van der Waals surface area (Å²) < 4.78 is 30.5. The molecule has 0 saturated heterocycles. The van der Waals surface area contributed by atoms with Gasteiger partial charge in [-0.05, 0) is 34.8 Å². The van der Waals surface area contributed by atoms with E-state index >= 15 is 0 Å². The van der Waals surface area contributed by atoms with E-state index in [1.165, 1.54) is 6.20 Å². The van der Waals surface area contributed by atoms with Gasteiger partial charge in [0.25, 0.3) is 0 Å². The Morgan fingerprint density at radius 2 is 2.25 bits per heavy atom. The lowest BCUT2D eigenvalue weighted by molar-refractivity contribution is 0.300. The van der Waals surface area contributed by atoms with E-state index in [1.807, 2.05) is 0 Å². The maximum Gasteiger partial charge on any atom is 0.230 e. The van der Waals surface area contributed by atoms with Gasteiger partial charge < -0.3 is 4.74 Å². The maximum absolute atomic E-state index is 11.0. The van der Waals surface area contributed by atoms with Crippen molar-refractivity contribution in [1.29, 1.82) is 0 Å². The standard InChI is InChI=1S/C9H11BrN2O3S/c1-16(13,14)12-9-4-7(10)8(5-11-9)15-6-2-3-6/h4-6H,2-3H2,1H3,(H,11,12). The highest BCUT2D eigenvalue weighted by Gasteiger charge is 2.24. The molecule has 16 heavy (non-hydrogen) atoms. The first-order valence-electron chi connectivity index (χ1n) is 4.74. The molecule has 2 rings (SSSR count). The van der Waals surface area contributed by atoms with Gasteiger partial charge in [0, 0.05) is 0 Å². The fourth-order valence-corrected chi connectivity index (χ4v) is 2.02. The highest BCUT2D eigenvalue weighted by atomic mass is 79.9. The minimum atomic E-state index is -3.29. The van der Waals surface area contributed by atoms with E-state index in [-0.39, 0.29) is 11.9 Å². The molecule has 0 aromatic carbocycles. The third-order valence-electron chi connectivity index (χ3n) is 1.93. The number of hydrogen-bond donors (Lipinski definition) is 1. The smallest absolute Gasteiger partial charge is 0.230 e. The van der Waals surface area contributed by atoms with Gasteiger partial charge in [-0.3, -0.25) is 4.72 Å². The average molecular weight is 307 g/mol. The highest BCUT2D eigenvalue weighted by Crippen LogP contribution is 2.32. The monoisotopic (exact) mass is 306 g/mol. The third kappa shape index (κ3) is 3.34. The number of sulfonamides is 1. The summed E-state index contributed by atoms with van der Waals surface area (Å²) in [5.74, 6) is 0.916. The Labute approximate surface area is 102 Å². The van der Waals surface area contributed by atoms with Gasteiger partial charge in [0.05, 0.1) is 23.0 Å². The van der Waals surface area contributed by atoms with Crippen molar-refractivity contribution in [2.45, 2.75) is 18.9 Å². The fourth-order valence-electron chi connectivity index (χ4n) is 1.12. The van der Waals surface area contributed by atoms with Crippen LogP contribution in [0.3, 0.4) is 0 Å². The van der Waals surface area contributed by atoms with Crippen LogP contribution < -0.4 is 9.46 Å². The Morgan fingerprint density at radius 1 is 1.56 bits per heavy atom. The molecule has 0 radical (unpaired) electrons. The van der Waals surface area contributed by atoms with Crippen molar-refractivity contribution in [3.8, 4) is 5.75 Å². The van der Waals surface area contributed by atoms with Crippen molar-refractivity contribution in [3.63, 3.8) is 0 Å². The summed E-state index contributed by atoms with van der Waals surface area (Å²) >= 11 is 3.31. The van der Waals surface area contributed by atoms with E-state index in [9.17, 15) is 8.42 Å². The van der Waals surface area contributed by atoms with Crippen LogP contribution >= 0.6 is 15.9 Å². The van der Waals surface area contributed by atoms with Crippen LogP contribution in [0.5, 0.6) is 5.75 Å². The fraction of sp³-hybridized carbons (Fsp3) is 0.444. The zero-order valence-corrected chi connectivity index (χ0v) is 11.0. The molecule has 0 unspecified atom stereocenters. The zero-order chi connectivity index (χ0) is 11.8. The number of nitrogens with one attached hydrogen (secondary N) is 1. The van der Waals surface area contributed by atoms with Crippen molar-refractivity contribution in [2.75, 3.05) is 11.0 Å². The molecule has 0 amide bonds. The topological polar surface area (TPSA) is 68.3 Å². The first-order chi connectivity index (χ1) is 7.44. The van der Waals surface area contributed by atoms with E-state index in [0.717, 1.165) is 19.1 Å². The van der Waals surface area contributed by atoms with Crippen molar-refractivity contribution in [1.82, 2.24) is 4.98 Å². The molecule has 0 atom stereocenters. The maximum atomic E-state index is 11.0. The molecule has 7 heteroatoms. The number of halogens is 1. The molecule has 0 aliphatic heterocycles. The number of anilines is 1. The van der Waals surface area contributed by atoms with E-state index in [0.29, 0.717) is 10.2 Å². The lowest BCUT2D eigenvalue weighted by Gasteiger charge is -2.08. The van der Waals surface area contributed by atoms with Crippen molar-refractivity contribution >= 4 is 31.8 Å². The van der Waals surface area contributed by atoms with Crippen LogP contribution in [0, 0.1) is 0 Å². The third-order valence-corrected chi connectivity index (χ3v) is 3.13. The molecule has 0 bridgehead atoms. The first kappa shape index (κ1) is 11.7. The molecule has 5 nitrogen and oxygen atoms in total. The van der Waals surface area contributed by atoms with Crippen LogP contribution in [0.1, 0.15) is 12.8 Å². The number of rotatable bonds is 4. The van der Waals surface area contributed by atoms with Crippen LogP contribution in [0.25, 0.3) is 0 Å². The molecule has 1 aromatic rings. The Balaban J connectivity index is 2.14. The van der Waals surface area contributed by atoms with Gasteiger partial charge in [0.2, 0.25) is 10.0 Å². The average Bonchev–Trinajstić information content (AvgIpc) is 2.90. The van der Waals surface area contributed by atoms with Crippen molar-refractivity contribution in [3.05, 3.63) is 16.7 Å². The molecule has 88 valence electrons. The lowest BCUT2D eigenvalue weighted by Crippen LogP contribution is -2.11. The van der Waals surface area contributed by atoms with Gasteiger partial charge in [0.1, 0.15) is 5.82 Å².